The number of carboxylic acid groups (broad SMARTS) is 1. The standard InChI is InChI=1S/C13H21NO5S2/c1-5-19-7-10(8(2)3)14-21(17,18)12-6-11(13(15)16)20-9(12)4/h6,8,10,14H,5,7H2,1-4H3,(H,15,16). The van der Waals surface area contributed by atoms with Crippen molar-refractivity contribution in [1.82, 2.24) is 4.72 Å². The van der Waals surface area contributed by atoms with Crippen LogP contribution in [0.25, 0.3) is 0 Å². The normalized spacial score (nSPS) is 13.6. The van der Waals surface area contributed by atoms with E-state index in [0.717, 1.165) is 11.3 Å². The van der Waals surface area contributed by atoms with Crippen molar-refractivity contribution in [3.8, 4) is 0 Å². The fraction of sp³-hybridized carbons (Fsp3) is 0.615. The molecule has 0 amide bonds. The Kier molecular flexibility index (Phi) is 6.33. The van der Waals surface area contributed by atoms with Gasteiger partial charge in [0.05, 0.1) is 11.5 Å². The van der Waals surface area contributed by atoms with Gasteiger partial charge in [-0.05, 0) is 25.8 Å². The highest BCUT2D eigenvalue weighted by molar-refractivity contribution is 7.89. The van der Waals surface area contributed by atoms with E-state index >= 15 is 0 Å². The molecule has 0 radical (unpaired) electrons. The van der Waals surface area contributed by atoms with E-state index in [1.807, 2.05) is 20.8 Å². The summed E-state index contributed by atoms with van der Waals surface area (Å²) >= 11 is 0.953. The molecule has 0 aromatic carbocycles. The Hall–Kier alpha value is -0.960. The number of carbonyl (C=O) groups is 1. The predicted octanol–water partition coefficient (Wildman–Crippen LogP) is 2.09. The second kappa shape index (κ2) is 7.35. The summed E-state index contributed by atoms with van der Waals surface area (Å²) < 4.78 is 32.7. The van der Waals surface area contributed by atoms with Crippen molar-refractivity contribution >= 4 is 27.3 Å². The molecule has 0 spiro atoms. The zero-order valence-electron chi connectivity index (χ0n) is 12.5. The summed E-state index contributed by atoms with van der Waals surface area (Å²) in [5.74, 6) is -1.07. The third kappa shape index (κ3) is 4.77. The molecule has 0 aliphatic rings. The van der Waals surface area contributed by atoms with Crippen LogP contribution >= 0.6 is 11.3 Å². The van der Waals surface area contributed by atoms with Gasteiger partial charge in [0.25, 0.3) is 0 Å². The van der Waals surface area contributed by atoms with E-state index in [0.29, 0.717) is 11.5 Å². The Morgan fingerprint density at radius 1 is 1.48 bits per heavy atom. The summed E-state index contributed by atoms with van der Waals surface area (Å²) in [4.78, 5) is 11.4. The number of nitrogens with one attached hydrogen (secondary N) is 1. The van der Waals surface area contributed by atoms with Crippen LogP contribution in [0.15, 0.2) is 11.0 Å². The Balaban J connectivity index is 3.01. The first-order valence-corrected chi connectivity index (χ1v) is 8.92. The van der Waals surface area contributed by atoms with Gasteiger partial charge >= 0.3 is 5.97 Å². The number of thiophene rings is 1. The molecule has 1 atom stereocenters. The zero-order valence-corrected chi connectivity index (χ0v) is 14.2. The first kappa shape index (κ1) is 18.1. The second-order valence-corrected chi connectivity index (χ2v) is 7.91. The average molecular weight is 335 g/mol. The zero-order chi connectivity index (χ0) is 16.2. The second-order valence-electron chi connectivity index (χ2n) is 4.97. The maximum atomic E-state index is 12.4. The lowest BCUT2D eigenvalue weighted by Gasteiger charge is -2.21. The molecule has 1 unspecified atom stereocenters. The lowest BCUT2D eigenvalue weighted by Crippen LogP contribution is -2.41. The van der Waals surface area contributed by atoms with Crippen molar-refractivity contribution in [2.45, 2.75) is 38.6 Å². The van der Waals surface area contributed by atoms with Crippen molar-refractivity contribution in [2.75, 3.05) is 13.2 Å². The van der Waals surface area contributed by atoms with Crippen molar-refractivity contribution < 1.29 is 23.1 Å². The molecule has 0 fully saturated rings. The smallest absolute Gasteiger partial charge is 0.345 e. The highest BCUT2D eigenvalue weighted by atomic mass is 32.2. The lowest BCUT2D eigenvalue weighted by atomic mass is 10.1. The maximum absolute atomic E-state index is 12.4. The van der Waals surface area contributed by atoms with Crippen LogP contribution in [0.1, 0.15) is 35.3 Å². The number of sulfonamides is 1. The maximum Gasteiger partial charge on any atom is 0.345 e. The van der Waals surface area contributed by atoms with Crippen LogP contribution in [0.4, 0.5) is 0 Å². The van der Waals surface area contributed by atoms with Gasteiger partial charge in [-0.15, -0.1) is 11.3 Å². The minimum absolute atomic E-state index is 0.0128. The fourth-order valence-electron chi connectivity index (χ4n) is 1.71. The lowest BCUT2D eigenvalue weighted by molar-refractivity contribution is 0.0702. The topological polar surface area (TPSA) is 92.7 Å². The number of rotatable bonds is 8. The molecule has 21 heavy (non-hydrogen) atoms. The molecular formula is C13H21NO5S2. The van der Waals surface area contributed by atoms with Gasteiger partial charge in [0.15, 0.2) is 0 Å². The molecule has 1 aromatic rings. The molecule has 0 aliphatic carbocycles. The van der Waals surface area contributed by atoms with E-state index < -0.39 is 16.0 Å². The number of hydrogen-bond acceptors (Lipinski definition) is 5. The molecule has 8 heteroatoms. The van der Waals surface area contributed by atoms with Crippen LogP contribution in [0.5, 0.6) is 0 Å². The van der Waals surface area contributed by atoms with Gasteiger partial charge in [-0.2, -0.15) is 0 Å². The van der Waals surface area contributed by atoms with Crippen LogP contribution < -0.4 is 4.72 Å². The first-order chi connectivity index (χ1) is 9.69. The third-order valence-corrected chi connectivity index (χ3v) is 5.77. The third-order valence-electron chi connectivity index (χ3n) is 2.99. The minimum atomic E-state index is -3.76. The molecule has 1 heterocycles. The summed E-state index contributed by atoms with van der Waals surface area (Å²) in [5.41, 5.74) is 0. The average Bonchev–Trinajstić information content (AvgIpc) is 2.77. The summed E-state index contributed by atoms with van der Waals surface area (Å²) in [6.07, 6.45) is 0. The van der Waals surface area contributed by atoms with E-state index in [9.17, 15) is 13.2 Å². The molecule has 0 bridgehead atoms. The van der Waals surface area contributed by atoms with Crippen molar-refractivity contribution in [2.24, 2.45) is 5.92 Å². The number of ether oxygens (including phenoxy) is 1. The van der Waals surface area contributed by atoms with Crippen molar-refractivity contribution in [1.29, 1.82) is 0 Å². The van der Waals surface area contributed by atoms with Gasteiger partial charge in [-0.1, -0.05) is 13.8 Å². The van der Waals surface area contributed by atoms with Crippen LogP contribution in [0.3, 0.4) is 0 Å². The Morgan fingerprint density at radius 2 is 2.10 bits per heavy atom. The van der Waals surface area contributed by atoms with Crippen molar-refractivity contribution in [3.05, 3.63) is 15.8 Å². The number of aromatic carboxylic acids is 1. The quantitative estimate of drug-likeness (QED) is 0.759. The van der Waals surface area contributed by atoms with Gasteiger partial charge < -0.3 is 9.84 Å². The number of carboxylic acids is 1. The Labute approximate surface area is 129 Å². The Morgan fingerprint density at radius 3 is 2.52 bits per heavy atom. The van der Waals surface area contributed by atoms with Crippen molar-refractivity contribution in [3.63, 3.8) is 0 Å². The Bertz CT molecular complexity index is 592. The molecule has 6 nitrogen and oxygen atoms in total. The van der Waals surface area contributed by atoms with Gasteiger partial charge in [0.2, 0.25) is 10.0 Å². The molecule has 1 aromatic heterocycles. The summed E-state index contributed by atoms with van der Waals surface area (Å²) in [6, 6.07) is 0.838. The first-order valence-electron chi connectivity index (χ1n) is 6.62. The van der Waals surface area contributed by atoms with Crippen LogP contribution in [-0.4, -0.2) is 38.7 Å². The summed E-state index contributed by atoms with van der Waals surface area (Å²) in [5, 5.41) is 8.95. The molecule has 1 rings (SSSR count). The molecule has 0 aliphatic heterocycles. The monoisotopic (exact) mass is 335 g/mol. The van der Waals surface area contributed by atoms with Crippen LogP contribution in [0, 0.1) is 12.8 Å². The van der Waals surface area contributed by atoms with Gasteiger partial charge in [-0.3, -0.25) is 0 Å². The predicted molar refractivity (Wildman–Crippen MR) is 81.5 cm³/mol. The summed E-state index contributed by atoms with van der Waals surface area (Å²) in [7, 11) is -3.76. The van der Waals surface area contributed by atoms with Crippen LogP contribution in [0.2, 0.25) is 0 Å². The SMILES string of the molecule is CCOCC(NS(=O)(=O)c1cc(C(=O)O)sc1C)C(C)C. The summed E-state index contributed by atoms with van der Waals surface area (Å²) in [6.45, 7) is 8.02. The largest absolute Gasteiger partial charge is 0.477 e. The highest BCUT2D eigenvalue weighted by Gasteiger charge is 2.26. The van der Waals surface area contributed by atoms with E-state index in [1.54, 1.807) is 6.92 Å². The molecule has 120 valence electrons. The van der Waals surface area contributed by atoms with Gasteiger partial charge in [-0.25, -0.2) is 17.9 Å². The molecule has 0 saturated carbocycles. The van der Waals surface area contributed by atoms with Crippen LogP contribution in [-0.2, 0) is 14.8 Å². The van der Waals surface area contributed by atoms with Gasteiger partial charge in [0.1, 0.15) is 4.88 Å². The number of hydrogen-bond donors (Lipinski definition) is 2. The highest BCUT2D eigenvalue weighted by Crippen LogP contribution is 2.26. The van der Waals surface area contributed by atoms with E-state index in [1.165, 1.54) is 6.07 Å². The van der Waals surface area contributed by atoms with E-state index in [2.05, 4.69) is 4.72 Å². The molecular weight excluding hydrogens is 314 g/mol. The van der Waals surface area contributed by atoms with E-state index in [4.69, 9.17) is 9.84 Å². The van der Waals surface area contributed by atoms with Gasteiger partial charge in [0, 0.05) is 17.5 Å². The fourth-order valence-corrected chi connectivity index (χ4v) is 4.51. The minimum Gasteiger partial charge on any atom is -0.477 e. The molecule has 2 N–H and O–H groups in total. The molecule has 0 saturated heterocycles. The van der Waals surface area contributed by atoms with E-state index in [-0.39, 0.29) is 28.3 Å². The number of aryl methyl sites for hydroxylation is 1.